The second-order valence-corrected chi connectivity index (χ2v) is 7.00. The van der Waals surface area contributed by atoms with Crippen molar-refractivity contribution in [3.63, 3.8) is 0 Å². The molecular weight excluding hydrogens is 474 g/mol. The van der Waals surface area contributed by atoms with E-state index in [1.807, 2.05) is 36.4 Å². The van der Waals surface area contributed by atoms with E-state index in [0.717, 1.165) is 24.5 Å². The molecule has 0 N–H and O–H groups in total. The number of hydrogen-bond acceptors (Lipinski definition) is 2. The molecule has 0 saturated carbocycles. The SMILES string of the molecule is Clc1ccc(-c2nc(Cl)c3cc(Br)cc(I)c3n2)cc1. The number of halogens is 4. The lowest BCUT2D eigenvalue weighted by Crippen LogP contribution is -1.94. The minimum absolute atomic E-state index is 0.444. The lowest BCUT2D eigenvalue weighted by Gasteiger charge is -2.07. The van der Waals surface area contributed by atoms with Crippen molar-refractivity contribution in [1.82, 2.24) is 9.97 Å². The van der Waals surface area contributed by atoms with Crippen LogP contribution in [0.1, 0.15) is 0 Å². The molecule has 1 heterocycles. The third-order valence-corrected chi connectivity index (χ3v) is 4.59. The van der Waals surface area contributed by atoms with Crippen LogP contribution >= 0.6 is 61.7 Å². The molecule has 0 radical (unpaired) electrons. The van der Waals surface area contributed by atoms with E-state index in [0.29, 0.717) is 16.0 Å². The lowest BCUT2D eigenvalue weighted by molar-refractivity contribution is 1.22. The van der Waals surface area contributed by atoms with Gasteiger partial charge in [0.2, 0.25) is 0 Å². The van der Waals surface area contributed by atoms with Crippen LogP contribution in [0.15, 0.2) is 40.9 Å². The Morgan fingerprint density at radius 3 is 2.40 bits per heavy atom. The summed E-state index contributed by atoms with van der Waals surface area (Å²) in [5.74, 6) is 0.597. The molecule has 0 fully saturated rings. The number of hydrogen-bond donors (Lipinski definition) is 0. The minimum Gasteiger partial charge on any atom is -0.227 e. The van der Waals surface area contributed by atoms with E-state index in [9.17, 15) is 0 Å². The molecule has 0 saturated heterocycles. The maximum absolute atomic E-state index is 6.29. The molecule has 0 aliphatic carbocycles. The summed E-state index contributed by atoms with van der Waals surface area (Å²) < 4.78 is 1.98. The largest absolute Gasteiger partial charge is 0.227 e. The first kappa shape index (κ1) is 14.5. The van der Waals surface area contributed by atoms with Crippen LogP contribution < -0.4 is 0 Å². The first-order valence-electron chi connectivity index (χ1n) is 5.63. The Hall–Kier alpha value is -0.430. The first-order valence-corrected chi connectivity index (χ1v) is 8.25. The fourth-order valence-corrected chi connectivity index (χ4v) is 3.83. The Labute approximate surface area is 147 Å². The number of fused-ring (bicyclic) bond motifs is 1. The second kappa shape index (κ2) is 5.75. The molecule has 1 aromatic heterocycles. The molecular formula is C14H6BrCl2IN2. The highest BCUT2D eigenvalue weighted by atomic mass is 127. The summed E-state index contributed by atoms with van der Waals surface area (Å²) >= 11 is 17.9. The quantitative estimate of drug-likeness (QED) is 0.317. The van der Waals surface area contributed by atoms with E-state index in [4.69, 9.17) is 23.2 Å². The van der Waals surface area contributed by atoms with Crippen LogP contribution in [0.5, 0.6) is 0 Å². The maximum atomic E-state index is 6.29. The van der Waals surface area contributed by atoms with Crippen molar-refractivity contribution < 1.29 is 0 Å². The van der Waals surface area contributed by atoms with Crippen LogP contribution in [0.3, 0.4) is 0 Å². The fraction of sp³-hybridized carbons (Fsp3) is 0. The predicted molar refractivity (Wildman–Crippen MR) is 95.4 cm³/mol. The Morgan fingerprint density at radius 2 is 1.70 bits per heavy atom. The summed E-state index contributed by atoms with van der Waals surface area (Å²) in [6.07, 6.45) is 0. The van der Waals surface area contributed by atoms with Gasteiger partial charge < -0.3 is 0 Å². The normalized spacial score (nSPS) is 11.0. The zero-order chi connectivity index (χ0) is 14.3. The molecule has 0 bridgehead atoms. The van der Waals surface area contributed by atoms with Gasteiger partial charge in [0, 0.05) is 24.0 Å². The van der Waals surface area contributed by atoms with Gasteiger partial charge in [0.15, 0.2) is 5.82 Å². The van der Waals surface area contributed by atoms with Gasteiger partial charge in [0.05, 0.1) is 5.52 Å². The van der Waals surface area contributed by atoms with Gasteiger partial charge in [0.1, 0.15) is 5.15 Å². The highest BCUT2D eigenvalue weighted by Gasteiger charge is 2.11. The van der Waals surface area contributed by atoms with Gasteiger partial charge in [-0.05, 0) is 59.0 Å². The fourth-order valence-electron chi connectivity index (χ4n) is 1.85. The Balaban J connectivity index is 2.26. The van der Waals surface area contributed by atoms with Crippen LogP contribution in [0.2, 0.25) is 10.2 Å². The molecule has 0 atom stereocenters. The van der Waals surface area contributed by atoms with E-state index < -0.39 is 0 Å². The molecule has 6 heteroatoms. The molecule has 0 aliphatic rings. The Morgan fingerprint density at radius 1 is 1.00 bits per heavy atom. The smallest absolute Gasteiger partial charge is 0.161 e. The summed E-state index contributed by atoms with van der Waals surface area (Å²) in [4.78, 5) is 8.98. The van der Waals surface area contributed by atoms with Crippen LogP contribution in [0.25, 0.3) is 22.3 Å². The summed E-state index contributed by atoms with van der Waals surface area (Å²) in [6, 6.07) is 11.3. The van der Waals surface area contributed by atoms with Crippen molar-refractivity contribution in [2.45, 2.75) is 0 Å². The molecule has 0 amide bonds. The van der Waals surface area contributed by atoms with Gasteiger partial charge in [0.25, 0.3) is 0 Å². The van der Waals surface area contributed by atoms with Crippen LogP contribution in [0.4, 0.5) is 0 Å². The average molecular weight is 480 g/mol. The van der Waals surface area contributed by atoms with Crippen molar-refractivity contribution in [3.05, 3.63) is 54.6 Å². The van der Waals surface area contributed by atoms with Crippen LogP contribution in [0, 0.1) is 3.57 Å². The predicted octanol–water partition coefficient (Wildman–Crippen LogP) is 5.97. The molecule has 20 heavy (non-hydrogen) atoms. The highest BCUT2D eigenvalue weighted by molar-refractivity contribution is 14.1. The van der Waals surface area contributed by atoms with E-state index in [1.165, 1.54) is 0 Å². The van der Waals surface area contributed by atoms with Gasteiger partial charge in [-0.1, -0.05) is 39.1 Å². The maximum Gasteiger partial charge on any atom is 0.161 e. The highest BCUT2D eigenvalue weighted by Crippen LogP contribution is 2.30. The van der Waals surface area contributed by atoms with E-state index in [1.54, 1.807) is 0 Å². The monoisotopic (exact) mass is 478 g/mol. The molecule has 2 nitrogen and oxygen atoms in total. The Bertz CT molecular complexity index is 806. The van der Waals surface area contributed by atoms with Gasteiger partial charge in [-0.15, -0.1) is 0 Å². The summed E-state index contributed by atoms with van der Waals surface area (Å²) in [5.41, 5.74) is 1.73. The van der Waals surface area contributed by atoms with E-state index in [-0.39, 0.29) is 0 Å². The lowest BCUT2D eigenvalue weighted by atomic mass is 10.2. The van der Waals surface area contributed by atoms with Crippen molar-refractivity contribution in [3.8, 4) is 11.4 Å². The molecule has 3 aromatic rings. The molecule has 3 rings (SSSR count). The van der Waals surface area contributed by atoms with Gasteiger partial charge in [-0.3, -0.25) is 0 Å². The van der Waals surface area contributed by atoms with E-state index in [2.05, 4.69) is 48.5 Å². The van der Waals surface area contributed by atoms with Crippen molar-refractivity contribution in [1.29, 1.82) is 0 Å². The van der Waals surface area contributed by atoms with Crippen molar-refractivity contribution in [2.24, 2.45) is 0 Å². The minimum atomic E-state index is 0.444. The molecule has 0 unspecified atom stereocenters. The number of rotatable bonds is 1. The zero-order valence-corrected chi connectivity index (χ0v) is 15.1. The second-order valence-electron chi connectivity index (χ2n) is 4.13. The molecule has 0 spiro atoms. The third kappa shape index (κ3) is 2.79. The molecule has 0 aliphatic heterocycles. The Kier molecular flexibility index (Phi) is 4.17. The third-order valence-electron chi connectivity index (χ3n) is 2.77. The number of nitrogens with zero attached hydrogens (tertiary/aromatic N) is 2. The summed E-state index contributed by atoms with van der Waals surface area (Å²) in [6.45, 7) is 0. The summed E-state index contributed by atoms with van der Waals surface area (Å²) in [5, 5.41) is 1.96. The molecule has 2 aromatic carbocycles. The summed E-state index contributed by atoms with van der Waals surface area (Å²) in [7, 11) is 0. The van der Waals surface area contributed by atoms with Gasteiger partial charge in [-0.25, -0.2) is 9.97 Å². The molecule has 100 valence electrons. The van der Waals surface area contributed by atoms with Crippen LogP contribution in [-0.4, -0.2) is 9.97 Å². The van der Waals surface area contributed by atoms with Gasteiger partial charge in [-0.2, -0.15) is 0 Å². The number of aromatic nitrogens is 2. The van der Waals surface area contributed by atoms with Gasteiger partial charge >= 0.3 is 0 Å². The zero-order valence-electron chi connectivity index (χ0n) is 9.87. The first-order chi connectivity index (χ1) is 9.54. The number of benzene rings is 2. The standard InChI is InChI=1S/C14H6BrCl2IN2/c15-8-5-10-12(11(18)6-8)19-14(20-13(10)17)7-1-3-9(16)4-2-7/h1-6H. The van der Waals surface area contributed by atoms with Crippen LogP contribution in [-0.2, 0) is 0 Å². The van der Waals surface area contributed by atoms with Crippen molar-refractivity contribution >= 4 is 72.6 Å². The average Bonchev–Trinajstić information content (AvgIpc) is 2.40. The van der Waals surface area contributed by atoms with Crippen molar-refractivity contribution in [2.75, 3.05) is 0 Å². The van der Waals surface area contributed by atoms with E-state index >= 15 is 0 Å². The topological polar surface area (TPSA) is 25.8 Å².